The predicted octanol–water partition coefficient (Wildman–Crippen LogP) is 4.04. The molecule has 5 nitrogen and oxygen atoms in total. The minimum Gasteiger partial charge on any atom is -0.359 e. The van der Waals surface area contributed by atoms with Gasteiger partial charge in [-0.15, -0.1) is 0 Å². The zero-order chi connectivity index (χ0) is 17.6. The van der Waals surface area contributed by atoms with E-state index in [2.05, 4.69) is 28.2 Å². The van der Waals surface area contributed by atoms with E-state index in [4.69, 9.17) is 5.41 Å². The summed E-state index contributed by atoms with van der Waals surface area (Å²) in [6.45, 7) is 5.06. The molecule has 2 aromatic heterocycles. The quantitative estimate of drug-likeness (QED) is 0.485. The van der Waals surface area contributed by atoms with Gasteiger partial charge in [-0.25, -0.2) is 0 Å². The SMILES string of the molecule is CCN(CC)C(=O)C(=N)c1c[nH]c2c1ccc1c3ccccc3[nH]c12. The average molecular weight is 332 g/mol. The Hall–Kier alpha value is -3.08. The fourth-order valence-corrected chi connectivity index (χ4v) is 3.51. The number of carbonyl (C=O) groups excluding carboxylic acids is 1. The van der Waals surface area contributed by atoms with Crippen molar-refractivity contribution in [2.24, 2.45) is 0 Å². The Morgan fingerprint density at radius 3 is 2.48 bits per heavy atom. The number of hydrogen-bond donors (Lipinski definition) is 3. The number of nitrogens with one attached hydrogen (secondary N) is 3. The summed E-state index contributed by atoms with van der Waals surface area (Å²) in [5, 5.41) is 11.6. The number of amides is 1. The molecule has 0 radical (unpaired) electrons. The van der Waals surface area contributed by atoms with E-state index in [1.165, 1.54) is 5.39 Å². The maximum Gasteiger partial charge on any atom is 0.272 e. The number of aromatic nitrogens is 2. The van der Waals surface area contributed by atoms with Crippen molar-refractivity contribution in [3.8, 4) is 0 Å². The first-order valence-corrected chi connectivity index (χ1v) is 8.54. The Labute approximate surface area is 145 Å². The molecule has 0 saturated carbocycles. The fraction of sp³-hybridized carbons (Fsp3) is 0.200. The van der Waals surface area contributed by atoms with Crippen LogP contribution in [0.15, 0.2) is 42.6 Å². The highest BCUT2D eigenvalue weighted by Crippen LogP contribution is 2.32. The van der Waals surface area contributed by atoms with Gasteiger partial charge >= 0.3 is 0 Å². The van der Waals surface area contributed by atoms with Crippen molar-refractivity contribution in [3.05, 3.63) is 48.2 Å². The summed E-state index contributed by atoms with van der Waals surface area (Å²) in [5.41, 5.74) is 3.70. The summed E-state index contributed by atoms with van der Waals surface area (Å²) in [6, 6.07) is 12.2. The van der Waals surface area contributed by atoms with Crippen LogP contribution < -0.4 is 0 Å². The van der Waals surface area contributed by atoms with E-state index in [1.807, 2.05) is 32.0 Å². The summed E-state index contributed by atoms with van der Waals surface area (Å²) in [4.78, 5) is 20.9. The molecule has 4 rings (SSSR count). The zero-order valence-corrected chi connectivity index (χ0v) is 14.3. The Kier molecular flexibility index (Phi) is 3.57. The number of fused-ring (bicyclic) bond motifs is 5. The van der Waals surface area contributed by atoms with Crippen molar-refractivity contribution in [2.75, 3.05) is 13.1 Å². The zero-order valence-electron chi connectivity index (χ0n) is 14.3. The van der Waals surface area contributed by atoms with E-state index in [-0.39, 0.29) is 11.6 Å². The highest BCUT2D eigenvalue weighted by Gasteiger charge is 2.21. The highest BCUT2D eigenvalue weighted by molar-refractivity contribution is 6.46. The number of para-hydroxylation sites is 1. The first-order chi connectivity index (χ1) is 12.2. The van der Waals surface area contributed by atoms with Gasteiger partial charge < -0.3 is 14.9 Å². The lowest BCUT2D eigenvalue weighted by atomic mass is 10.1. The number of likely N-dealkylation sites (N-methyl/N-ethyl adjacent to an activating group) is 1. The van der Waals surface area contributed by atoms with Crippen LogP contribution in [0.3, 0.4) is 0 Å². The molecule has 4 aromatic rings. The molecule has 0 saturated heterocycles. The normalized spacial score (nSPS) is 11.4. The van der Waals surface area contributed by atoms with Crippen molar-refractivity contribution >= 4 is 44.3 Å². The fourth-order valence-electron chi connectivity index (χ4n) is 3.51. The van der Waals surface area contributed by atoms with Crippen LogP contribution in [0.25, 0.3) is 32.7 Å². The van der Waals surface area contributed by atoms with Crippen molar-refractivity contribution in [1.82, 2.24) is 14.9 Å². The lowest BCUT2D eigenvalue weighted by Gasteiger charge is -2.18. The first kappa shape index (κ1) is 15.4. The molecule has 0 aliphatic heterocycles. The van der Waals surface area contributed by atoms with E-state index >= 15 is 0 Å². The van der Waals surface area contributed by atoms with E-state index < -0.39 is 0 Å². The monoisotopic (exact) mass is 332 g/mol. The Bertz CT molecular complexity index is 1110. The molecule has 2 heterocycles. The van der Waals surface area contributed by atoms with E-state index in [0.29, 0.717) is 18.7 Å². The van der Waals surface area contributed by atoms with Crippen molar-refractivity contribution in [3.63, 3.8) is 0 Å². The molecule has 1 amide bonds. The molecular formula is C20H20N4O. The molecule has 0 bridgehead atoms. The second-order valence-electron chi connectivity index (χ2n) is 6.14. The minimum atomic E-state index is -0.234. The van der Waals surface area contributed by atoms with Crippen LogP contribution in [0.2, 0.25) is 0 Å². The molecule has 2 aromatic carbocycles. The number of aromatic amines is 2. The van der Waals surface area contributed by atoms with E-state index in [0.717, 1.165) is 27.3 Å². The number of H-pyrrole nitrogens is 2. The second-order valence-corrected chi connectivity index (χ2v) is 6.14. The molecule has 0 aliphatic rings. The molecule has 5 heteroatoms. The van der Waals surface area contributed by atoms with Gasteiger partial charge in [-0.1, -0.05) is 30.3 Å². The van der Waals surface area contributed by atoms with Gasteiger partial charge in [0.15, 0.2) is 0 Å². The Morgan fingerprint density at radius 1 is 1.00 bits per heavy atom. The molecule has 0 aliphatic carbocycles. The van der Waals surface area contributed by atoms with Crippen LogP contribution in [0, 0.1) is 5.41 Å². The molecule has 0 unspecified atom stereocenters. The maximum atomic E-state index is 12.5. The average Bonchev–Trinajstić information content (AvgIpc) is 3.23. The molecule has 0 spiro atoms. The van der Waals surface area contributed by atoms with Crippen LogP contribution in [0.5, 0.6) is 0 Å². The van der Waals surface area contributed by atoms with Crippen molar-refractivity contribution < 1.29 is 4.79 Å². The van der Waals surface area contributed by atoms with Gasteiger partial charge in [0.1, 0.15) is 5.71 Å². The third-order valence-electron chi connectivity index (χ3n) is 4.87. The summed E-state index contributed by atoms with van der Waals surface area (Å²) in [6.07, 6.45) is 1.76. The van der Waals surface area contributed by atoms with Crippen molar-refractivity contribution in [1.29, 1.82) is 5.41 Å². The lowest BCUT2D eigenvalue weighted by molar-refractivity contribution is -0.123. The Morgan fingerprint density at radius 2 is 1.72 bits per heavy atom. The van der Waals surface area contributed by atoms with E-state index in [1.54, 1.807) is 11.1 Å². The molecular weight excluding hydrogens is 312 g/mol. The largest absolute Gasteiger partial charge is 0.359 e. The number of nitrogens with zero attached hydrogens (tertiary/aromatic N) is 1. The van der Waals surface area contributed by atoms with Crippen LogP contribution in [-0.2, 0) is 4.79 Å². The molecule has 0 fully saturated rings. The number of carbonyl (C=O) groups is 1. The summed E-state index contributed by atoms with van der Waals surface area (Å²) < 4.78 is 0. The minimum absolute atomic E-state index is 0.0328. The van der Waals surface area contributed by atoms with Crippen LogP contribution in [0.1, 0.15) is 19.4 Å². The van der Waals surface area contributed by atoms with Gasteiger partial charge in [-0.05, 0) is 19.9 Å². The topological polar surface area (TPSA) is 75.7 Å². The van der Waals surface area contributed by atoms with Gasteiger partial charge in [0.2, 0.25) is 0 Å². The lowest BCUT2D eigenvalue weighted by Crippen LogP contribution is -2.36. The molecule has 0 atom stereocenters. The smallest absolute Gasteiger partial charge is 0.272 e. The van der Waals surface area contributed by atoms with Gasteiger partial charge in [0.25, 0.3) is 5.91 Å². The Balaban J connectivity index is 1.89. The second kappa shape index (κ2) is 5.77. The highest BCUT2D eigenvalue weighted by atomic mass is 16.2. The number of rotatable bonds is 4. The summed E-state index contributed by atoms with van der Waals surface area (Å²) in [7, 11) is 0. The number of hydrogen-bond acceptors (Lipinski definition) is 2. The summed E-state index contributed by atoms with van der Waals surface area (Å²) in [5.74, 6) is -0.234. The van der Waals surface area contributed by atoms with Crippen LogP contribution in [0.4, 0.5) is 0 Å². The van der Waals surface area contributed by atoms with Gasteiger partial charge in [0.05, 0.1) is 11.0 Å². The van der Waals surface area contributed by atoms with Gasteiger partial charge in [0, 0.05) is 46.5 Å². The molecule has 25 heavy (non-hydrogen) atoms. The van der Waals surface area contributed by atoms with Crippen LogP contribution >= 0.6 is 0 Å². The first-order valence-electron chi connectivity index (χ1n) is 8.54. The maximum absolute atomic E-state index is 12.5. The van der Waals surface area contributed by atoms with Gasteiger partial charge in [-0.2, -0.15) is 0 Å². The third kappa shape index (κ3) is 2.23. The standard InChI is InChI=1S/C20H20N4O/c1-3-24(4-2)20(25)17(21)15-11-22-18-14(15)10-9-13-12-7-5-6-8-16(12)23-19(13)18/h5-11,21-23H,3-4H2,1-2H3. The number of benzene rings is 2. The van der Waals surface area contributed by atoms with Crippen molar-refractivity contribution in [2.45, 2.75) is 13.8 Å². The molecule has 3 N–H and O–H groups in total. The van der Waals surface area contributed by atoms with Crippen LogP contribution in [-0.4, -0.2) is 39.6 Å². The van der Waals surface area contributed by atoms with Gasteiger partial charge in [-0.3, -0.25) is 10.2 Å². The third-order valence-corrected chi connectivity index (χ3v) is 4.87. The molecule has 126 valence electrons. The summed E-state index contributed by atoms with van der Waals surface area (Å²) >= 11 is 0. The van der Waals surface area contributed by atoms with E-state index in [9.17, 15) is 4.79 Å². The predicted molar refractivity (Wildman–Crippen MR) is 102 cm³/mol.